The topological polar surface area (TPSA) is 49.4 Å². The van der Waals surface area contributed by atoms with Gasteiger partial charge in [-0.15, -0.1) is 0 Å². The fourth-order valence-corrected chi connectivity index (χ4v) is 0.989. The van der Waals surface area contributed by atoms with Crippen LogP contribution in [0.4, 0.5) is 4.79 Å². The Morgan fingerprint density at radius 3 is 2.75 bits per heavy atom. The summed E-state index contributed by atoms with van der Waals surface area (Å²) in [6.07, 6.45) is 0. The van der Waals surface area contributed by atoms with Crippen molar-refractivity contribution in [1.82, 2.24) is 10.2 Å². The summed E-state index contributed by atoms with van der Waals surface area (Å²) < 4.78 is 0. The third-order valence-electron chi connectivity index (χ3n) is 1.54. The van der Waals surface area contributed by atoms with E-state index in [1.54, 1.807) is 0 Å². The lowest BCUT2D eigenvalue weighted by atomic mass is 10.3. The van der Waals surface area contributed by atoms with Gasteiger partial charge >= 0.3 is 6.03 Å². The van der Waals surface area contributed by atoms with Crippen molar-refractivity contribution in [2.45, 2.75) is 0 Å². The van der Waals surface area contributed by atoms with E-state index in [1.165, 1.54) is 0 Å². The molecule has 1 N–H and O–H groups in total. The highest BCUT2D eigenvalue weighted by Gasteiger charge is 2.28. The maximum absolute atomic E-state index is 11.0. The third-order valence-corrected chi connectivity index (χ3v) is 1.99. The van der Waals surface area contributed by atoms with Gasteiger partial charge in [-0.1, -0.05) is 6.58 Å². The Morgan fingerprint density at radius 2 is 2.33 bits per heavy atom. The van der Waals surface area contributed by atoms with Gasteiger partial charge in [0, 0.05) is 5.75 Å². The van der Waals surface area contributed by atoms with Crippen LogP contribution in [0.2, 0.25) is 0 Å². The monoisotopic (exact) mass is 186 g/mol. The van der Waals surface area contributed by atoms with Crippen LogP contribution in [0.5, 0.6) is 0 Å². The van der Waals surface area contributed by atoms with E-state index in [1.807, 2.05) is 0 Å². The predicted molar refractivity (Wildman–Crippen MR) is 48.1 cm³/mol. The number of carbonyl (C=O) groups is 2. The number of hydrogen-bond acceptors (Lipinski definition) is 3. The molecule has 66 valence electrons. The van der Waals surface area contributed by atoms with E-state index in [4.69, 9.17) is 0 Å². The van der Waals surface area contributed by atoms with E-state index in [-0.39, 0.29) is 25.0 Å². The second kappa shape index (κ2) is 3.62. The van der Waals surface area contributed by atoms with Gasteiger partial charge in [0.25, 0.3) is 0 Å². The maximum Gasteiger partial charge on any atom is 0.324 e. The molecular formula is C7H10N2O2S. The van der Waals surface area contributed by atoms with E-state index < -0.39 is 0 Å². The summed E-state index contributed by atoms with van der Waals surface area (Å²) >= 11 is 3.98. The van der Waals surface area contributed by atoms with Crippen molar-refractivity contribution in [3.05, 3.63) is 12.2 Å². The van der Waals surface area contributed by atoms with Crippen LogP contribution in [0, 0.1) is 0 Å². The lowest BCUT2D eigenvalue weighted by Crippen LogP contribution is -2.32. The van der Waals surface area contributed by atoms with Crippen LogP contribution in [0.3, 0.4) is 0 Å². The Morgan fingerprint density at radius 1 is 1.67 bits per heavy atom. The summed E-state index contributed by atoms with van der Waals surface area (Å²) in [4.78, 5) is 23.1. The number of nitrogens with one attached hydrogen (secondary N) is 1. The predicted octanol–water partition coefficient (Wildman–Crippen LogP) is 0.0242. The summed E-state index contributed by atoms with van der Waals surface area (Å²) in [5.74, 6) is 0.278. The Bertz CT molecular complexity index is 224. The molecule has 12 heavy (non-hydrogen) atoms. The van der Waals surface area contributed by atoms with Crippen molar-refractivity contribution in [2.24, 2.45) is 0 Å². The molecule has 1 saturated heterocycles. The summed E-state index contributed by atoms with van der Waals surface area (Å²) in [5, 5.41) is 2.42. The molecule has 0 aromatic carbocycles. The van der Waals surface area contributed by atoms with Crippen LogP contribution >= 0.6 is 12.6 Å². The maximum atomic E-state index is 11.0. The average Bonchev–Trinajstić information content (AvgIpc) is 2.35. The Balaban J connectivity index is 2.56. The molecule has 4 nitrogen and oxygen atoms in total. The molecule has 1 rings (SSSR count). The van der Waals surface area contributed by atoms with Gasteiger partial charge in [-0.3, -0.25) is 9.69 Å². The van der Waals surface area contributed by atoms with Crippen molar-refractivity contribution in [1.29, 1.82) is 0 Å². The zero-order chi connectivity index (χ0) is 9.14. The SMILES string of the molecule is C=C(CS)CN1C(=O)CNC1=O. The molecule has 0 spiro atoms. The largest absolute Gasteiger partial charge is 0.329 e. The number of urea groups is 1. The molecule has 1 heterocycles. The fraction of sp³-hybridized carbons (Fsp3) is 0.429. The van der Waals surface area contributed by atoms with Crippen LogP contribution < -0.4 is 5.32 Å². The molecule has 0 atom stereocenters. The highest BCUT2D eigenvalue weighted by atomic mass is 32.1. The Hall–Kier alpha value is -0.970. The van der Waals surface area contributed by atoms with Gasteiger partial charge in [0.1, 0.15) is 0 Å². The molecule has 0 aromatic rings. The van der Waals surface area contributed by atoms with Crippen LogP contribution in [0.1, 0.15) is 0 Å². The summed E-state index contributed by atoms with van der Waals surface area (Å²) in [7, 11) is 0. The first-order valence-electron chi connectivity index (χ1n) is 3.51. The first-order valence-corrected chi connectivity index (χ1v) is 4.14. The van der Waals surface area contributed by atoms with Gasteiger partial charge in [0.15, 0.2) is 0 Å². The normalized spacial score (nSPS) is 16.6. The first kappa shape index (κ1) is 9.12. The second-order valence-electron chi connectivity index (χ2n) is 2.55. The number of hydrogen-bond donors (Lipinski definition) is 2. The van der Waals surface area contributed by atoms with Crippen LogP contribution in [-0.2, 0) is 4.79 Å². The Labute approximate surface area is 76.0 Å². The van der Waals surface area contributed by atoms with Gasteiger partial charge in [-0.05, 0) is 5.57 Å². The smallest absolute Gasteiger partial charge is 0.324 e. The lowest BCUT2D eigenvalue weighted by Gasteiger charge is -2.12. The van der Waals surface area contributed by atoms with E-state index >= 15 is 0 Å². The van der Waals surface area contributed by atoms with Crippen LogP contribution in [0.25, 0.3) is 0 Å². The van der Waals surface area contributed by atoms with Crippen molar-refractivity contribution < 1.29 is 9.59 Å². The minimum absolute atomic E-state index is 0.0959. The van der Waals surface area contributed by atoms with Crippen molar-refractivity contribution in [2.75, 3.05) is 18.8 Å². The highest BCUT2D eigenvalue weighted by Crippen LogP contribution is 2.03. The number of imide groups is 1. The van der Waals surface area contributed by atoms with Crippen molar-refractivity contribution in [3.8, 4) is 0 Å². The zero-order valence-corrected chi connectivity index (χ0v) is 7.43. The van der Waals surface area contributed by atoms with Gasteiger partial charge in [0.2, 0.25) is 5.91 Å². The molecule has 0 aliphatic carbocycles. The van der Waals surface area contributed by atoms with E-state index in [9.17, 15) is 9.59 Å². The summed E-state index contributed by atoms with van der Waals surface area (Å²) in [6, 6.07) is -0.345. The molecule has 0 unspecified atom stereocenters. The van der Waals surface area contributed by atoms with E-state index in [2.05, 4.69) is 24.5 Å². The molecule has 0 aromatic heterocycles. The molecule has 1 aliphatic heterocycles. The van der Waals surface area contributed by atoms with Gasteiger partial charge in [-0.25, -0.2) is 4.79 Å². The average molecular weight is 186 g/mol. The van der Waals surface area contributed by atoms with Gasteiger partial charge in [0.05, 0.1) is 13.1 Å². The second-order valence-corrected chi connectivity index (χ2v) is 2.86. The molecule has 0 saturated carbocycles. The number of rotatable bonds is 3. The number of nitrogens with zero attached hydrogens (tertiary/aromatic N) is 1. The number of thiol groups is 1. The van der Waals surface area contributed by atoms with Gasteiger partial charge < -0.3 is 5.32 Å². The Kier molecular flexibility index (Phi) is 2.75. The van der Waals surface area contributed by atoms with E-state index in [0.717, 1.165) is 10.5 Å². The molecule has 3 amide bonds. The minimum atomic E-state index is -0.345. The minimum Gasteiger partial charge on any atom is -0.329 e. The number of amides is 3. The molecule has 0 radical (unpaired) electrons. The quantitative estimate of drug-likeness (QED) is 0.371. The molecule has 0 bridgehead atoms. The van der Waals surface area contributed by atoms with Gasteiger partial charge in [-0.2, -0.15) is 12.6 Å². The molecular weight excluding hydrogens is 176 g/mol. The van der Waals surface area contributed by atoms with Crippen LogP contribution in [0.15, 0.2) is 12.2 Å². The summed E-state index contributed by atoms with van der Waals surface area (Å²) in [5.41, 5.74) is 0.753. The lowest BCUT2D eigenvalue weighted by molar-refractivity contribution is -0.124. The summed E-state index contributed by atoms with van der Waals surface area (Å²) in [6.45, 7) is 4.02. The van der Waals surface area contributed by atoms with Crippen molar-refractivity contribution >= 4 is 24.6 Å². The van der Waals surface area contributed by atoms with Crippen molar-refractivity contribution in [3.63, 3.8) is 0 Å². The third kappa shape index (κ3) is 1.79. The zero-order valence-electron chi connectivity index (χ0n) is 6.54. The molecule has 1 fully saturated rings. The highest BCUT2D eigenvalue weighted by molar-refractivity contribution is 7.80. The van der Waals surface area contributed by atoms with E-state index in [0.29, 0.717) is 5.75 Å². The first-order chi connectivity index (χ1) is 5.65. The molecule has 1 aliphatic rings. The van der Waals surface area contributed by atoms with Crippen LogP contribution in [-0.4, -0.2) is 35.7 Å². The molecule has 5 heteroatoms. The fourth-order valence-electron chi connectivity index (χ4n) is 0.889. The standard InChI is InChI=1S/C7H10N2O2S/c1-5(4-12)3-9-6(10)2-8-7(9)11/h12H,1-4H2,(H,8,11). The number of carbonyl (C=O) groups excluding carboxylic acids is 2.